The van der Waals surface area contributed by atoms with Crippen LogP contribution in [0.15, 0.2) is 29.2 Å². The molecule has 0 bridgehead atoms. The zero-order chi connectivity index (χ0) is 23.5. The van der Waals surface area contributed by atoms with Crippen LogP contribution < -0.4 is 15.4 Å². The van der Waals surface area contributed by atoms with Gasteiger partial charge in [-0.25, -0.2) is 13.1 Å². The average Bonchev–Trinajstić information content (AvgIpc) is 3.15. The molecule has 2 aliphatic rings. The second-order valence-electron chi connectivity index (χ2n) is 7.71. The molecule has 0 unspecified atom stereocenters. The number of nitrogens with zero attached hydrogens (tertiary/aromatic N) is 1. The third-order valence-electron chi connectivity index (χ3n) is 5.51. The van der Waals surface area contributed by atoms with Crippen molar-refractivity contribution in [2.75, 3.05) is 19.6 Å². The van der Waals surface area contributed by atoms with Gasteiger partial charge >= 0.3 is 6.18 Å². The van der Waals surface area contributed by atoms with E-state index in [4.69, 9.17) is 6.42 Å². The average molecular weight is 472 g/mol. The molecule has 12 heteroatoms. The molecule has 174 valence electrons. The Hall–Kier alpha value is -2.62. The molecule has 2 aliphatic heterocycles. The van der Waals surface area contributed by atoms with Gasteiger partial charge in [-0.15, -0.1) is 6.42 Å². The minimum Gasteiger partial charge on any atom is -0.353 e. The van der Waals surface area contributed by atoms with Crippen LogP contribution in [0.1, 0.15) is 24.8 Å². The van der Waals surface area contributed by atoms with Gasteiger partial charge < -0.3 is 10.6 Å². The monoisotopic (exact) mass is 472 g/mol. The second-order valence-corrected chi connectivity index (χ2v) is 9.42. The molecule has 2 amide bonds. The van der Waals surface area contributed by atoms with Gasteiger partial charge in [-0.05, 0) is 31.0 Å². The first-order chi connectivity index (χ1) is 15.0. The second kappa shape index (κ2) is 9.48. The lowest BCUT2D eigenvalue weighted by molar-refractivity contribution is -0.137. The minimum atomic E-state index is -4.67. The normalized spacial score (nSPS) is 23.8. The molecule has 0 aromatic heterocycles. The summed E-state index contributed by atoms with van der Waals surface area (Å²) < 4.78 is 66.6. The number of nitrogens with one attached hydrogen (secondary N) is 3. The number of benzene rings is 1. The van der Waals surface area contributed by atoms with E-state index < -0.39 is 38.7 Å². The largest absolute Gasteiger partial charge is 0.416 e. The Morgan fingerprint density at radius 2 is 2.09 bits per heavy atom. The number of carbonyl (C=O) groups excluding carboxylic acids is 2. The molecular weight excluding hydrogens is 449 g/mol. The molecule has 0 radical (unpaired) electrons. The number of fused-ring (bicyclic) bond motifs is 1. The van der Waals surface area contributed by atoms with Crippen molar-refractivity contribution >= 4 is 21.8 Å². The number of rotatable bonds is 7. The minimum absolute atomic E-state index is 0.117. The van der Waals surface area contributed by atoms with Crippen LogP contribution in [-0.4, -0.2) is 62.9 Å². The van der Waals surface area contributed by atoms with E-state index in [2.05, 4.69) is 21.3 Å². The van der Waals surface area contributed by atoms with Crippen molar-refractivity contribution in [1.82, 2.24) is 20.3 Å². The molecule has 2 fully saturated rings. The third kappa shape index (κ3) is 5.59. The van der Waals surface area contributed by atoms with E-state index in [0.29, 0.717) is 19.0 Å². The Balaban J connectivity index is 1.67. The molecular formula is C20H23F3N4O4S. The molecule has 32 heavy (non-hydrogen) atoms. The predicted molar refractivity (Wildman–Crippen MR) is 109 cm³/mol. The molecule has 0 spiro atoms. The SMILES string of the molecule is C#CCNC(=O)CC[C@@H]1CNC(=O)[C@@H]2C[C@H](NS(=O)(=O)c3cccc(C(F)(F)F)c3)CN12. The van der Waals surface area contributed by atoms with Gasteiger partial charge in [-0.3, -0.25) is 14.5 Å². The van der Waals surface area contributed by atoms with Gasteiger partial charge in [0.05, 0.1) is 23.0 Å². The highest BCUT2D eigenvalue weighted by Crippen LogP contribution is 2.31. The number of piperazine rings is 1. The van der Waals surface area contributed by atoms with Crippen molar-refractivity contribution in [3.8, 4) is 12.3 Å². The number of hydrogen-bond donors (Lipinski definition) is 3. The molecule has 8 nitrogen and oxygen atoms in total. The Kier molecular flexibility index (Phi) is 7.12. The molecule has 3 N–H and O–H groups in total. The molecule has 2 heterocycles. The smallest absolute Gasteiger partial charge is 0.353 e. The topological polar surface area (TPSA) is 108 Å². The van der Waals surface area contributed by atoms with Crippen molar-refractivity contribution in [2.45, 2.75) is 48.5 Å². The van der Waals surface area contributed by atoms with E-state index in [9.17, 15) is 31.2 Å². The lowest BCUT2D eigenvalue weighted by atomic mass is 10.0. The highest BCUT2D eigenvalue weighted by Gasteiger charge is 2.44. The summed E-state index contributed by atoms with van der Waals surface area (Å²) >= 11 is 0. The molecule has 3 rings (SSSR count). The summed E-state index contributed by atoms with van der Waals surface area (Å²) in [4.78, 5) is 25.4. The van der Waals surface area contributed by atoms with E-state index in [1.54, 1.807) is 0 Å². The number of alkyl halides is 3. The first kappa shape index (κ1) is 24.0. The Bertz CT molecular complexity index is 1020. The molecule has 1 aromatic carbocycles. The molecule has 3 atom stereocenters. The maximum atomic E-state index is 12.9. The van der Waals surface area contributed by atoms with E-state index in [-0.39, 0.29) is 43.8 Å². The maximum absolute atomic E-state index is 12.9. The van der Waals surface area contributed by atoms with Crippen molar-refractivity contribution in [3.63, 3.8) is 0 Å². The lowest BCUT2D eigenvalue weighted by Crippen LogP contribution is -2.58. The van der Waals surface area contributed by atoms with Crippen LogP contribution in [0.3, 0.4) is 0 Å². The summed E-state index contributed by atoms with van der Waals surface area (Å²) in [5.74, 6) is 1.83. The fraction of sp³-hybridized carbons (Fsp3) is 0.500. The fourth-order valence-corrected chi connectivity index (χ4v) is 5.28. The first-order valence-electron chi connectivity index (χ1n) is 9.94. The maximum Gasteiger partial charge on any atom is 0.416 e. The zero-order valence-corrected chi connectivity index (χ0v) is 17.8. The Labute approximate surface area is 184 Å². The highest BCUT2D eigenvalue weighted by molar-refractivity contribution is 7.89. The van der Waals surface area contributed by atoms with Crippen LogP contribution in [0.5, 0.6) is 0 Å². The number of halogens is 3. The van der Waals surface area contributed by atoms with E-state index in [0.717, 1.165) is 18.2 Å². The van der Waals surface area contributed by atoms with Crippen LogP contribution in [-0.2, 0) is 25.8 Å². The zero-order valence-electron chi connectivity index (χ0n) is 17.0. The van der Waals surface area contributed by atoms with Gasteiger partial charge in [-0.1, -0.05) is 12.0 Å². The van der Waals surface area contributed by atoms with Crippen molar-refractivity contribution in [3.05, 3.63) is 29.8 Å². The van der Waals surface area contributed by atoms with Gasteiger partial charge in [0.25, 0.3) is 0 Å². The summed E-state index contributed by atoms with van der Waals surface area (Å²) in [5.41, 5.74) is -1.06. The number of hydrogen-bond acceptors (Lipinski definition) is 5. The summed E-state index contributed by atoms with van der Waals surface area (Å²) in [6.45, 7) is 0.629. The van der Waals surface area contributed by atoms with Crippen LogP contribution in [0.2, 0.25) is 0 Å². The first-order valence-corrected chi connectivity index (χ1v) is 11.4. The van der Waals surface area contributed by atoms with Crippen LogP contribution in [0.4, 0.5) is 13.2 Å². The molecule has 1 aromatic rings. The van der Waals surface area contributed by atoms with E-state index in [1.165, 1.54) is 0 Å². The van der Waals surface area contributed by atoms with E-state index >= 15 is 0 Å². The van der Waals surface area contributed by atoms with Crippen LogP contribution >= 0.6 is 0 Å². The summed E-state index contributed by atoms with van der Waals surface area (Å²) in [7, 11) is -4.23. The number of sulfonamides is 1. The molecule has 0 aliphatic carbocycles. The van der Waals surface area contributed by atoms with E-state index in [1.807, 2.05) is 4.90 Å². The standard InChI is InChI=1S/C20H23F3N4O4S/c1-2-8-24-18(28)7-6-15-11-25-19(29)17-10-14(12-27(15)17)26-32(30,31)16-5-3-4-13(9-16)20(21,22)23/h1,3-5,9,14-15,17,26H,6-8,10-12H2,(H,24,28)(H,25,29)/t14-,15+,17-/m0/s1. The molecule has 0 saturated carbocycles. The Morgan fingerprint density at radius 3 is 2.78 bits per heavy atom. The van der Waals surface area contributed by atoms with Crippen LogP contribution in [0.25, 0.3) is 0 Å². The van der Waals surface area contributed by atoms with Crippen molar-refractivity contribution in [2.24, 2.45) is 0 Å². The van der Waals surface area contributed by atoms with Crippen molar-refractivity contribution in [1.29, 1.82) is 0 Å². The summed E-state index contributed by atoms with van der Waals surface area (Å²) in [6.07, 6.45) is 1.22. The molecule has 2 saturated heterocycles. The van der Waals surface area contributed by atoms with Gasteiger partial charge in [0.1, 0.15) is 0 Å². The van der Waals surface area contributed by atoms with Gasteiger partial charge in [0, 0.05) is 31.6 Å². The van der Waals surface area contributed by atoms with Crippen molar-refractivity contribution < 1.29 is 31.2 Å². The van der Waals surface area contributed by atoms with Gasteiger partial charge in [0.15, 0.2) is 0 Å². The quantitative estimate of drug-likeness (QED) is 0.500. The number of terminal acetylenes is 1. The van der Waals surface area contributed by atoms with Gasteiger partial charge in [-0.2, -0.15) is 13.2 Å². The predicted octanol–water partition coefficient (Wildman–Crippen LogP) is 0.455. The third-order valence-corrected chi connectivity index (χ3v) is 7.03. The number of amides is 2. The summed E-state index contributed by atoms with van der Waals surface area (Å²) in [6, 6.07) is 2.06. The Morgan fingerprint density at radius 1 is 1.34 bits per heavy atom. The van der Waals surface area contributed by atoms with Crippen LogP contribution in [0, 0.1) is 12.3 Å². The fourth-order valence-electron chi connectivity index (χ4n) is 3.99. The summed E-state index contributed by atoms with van der Waals surface area (Å²) in [5, 5.41) is 5.32. The van der Waals surface area contributed by atoms with Gasteiger partial charge in [0.2, 0.25) is 21.8 Å². The lowest BCUT2D eigenvalue weighted by Gasteiger charge is -2.37. The number of carbonyl (C=O) groups is 2. The highest BCUT2D eigenvalue weighted by atomic mass is 32.2.